The van der Waals surface area contributed by atoms with Gasteiger partial charge in [0.05, 0.1) is 13.7 Å². The van der Waals surface area contributed by atoms with E-state index in [0.717, 1.165) is 12.0 Å². The van der Waals surface area contributed by atoms with Crippen LogP contribution in [-0.2, 0) is 19.1 Å². The molecule has 112 valence electrons. The normalized spacial score (nSPS) is 18.5. The maximum atomic E-state index is 11.8. The number of hydrogen-bond donors (Lipinski definition) is 3. The molecule has 20 heavy (non-hydrogen) atoms. The molecule has 9 nitrogen and oxygen atoms in total. The highest BCUT2D eigenvalue weighted by atomic mass is 16.5. The molecule has 3 N–H and O–H groups in total. The molecule has 1 saturated heterocycles. The van der Waals surface area contributed by atoms with Gasteiger partial charge in [-0.2, -0.15) is 0 Å². The molecule has 0 saturated carbocycles. The molecule has 0 aromatic carbocycles. The molecule has 0 aromatic rings. The molecule has 1 atom stereocenters. The molecule has 1 fully saturated rings. The first kappa shape index (κ1) is 15.9. The molecule has 1 aliphatic heterocycles. The zero-order valence-corrected chi connectivity index (χ0v) is 11.4. The summed E-state index contributed by atoms with van der Waals surface area (Å²) in [6.45, 7) is 1.83. The number of aliphatic hydroxyl groups is 1. The number of esters is 1. The summed E-state index contributed by atoms with van der Waals surface area (Å²) in [5.41, 5.74) is -1.07. The van der Waals surface area contributed by atoms with Crippen molar-refractivity contribution in [2.75, 3.05) is 20.3 Å². The van der Waals surface area contributed by atoms with Gasteiger partial charge in [0, 0.05) is 0 Å². The average molecular weight is 287 g/mol. The quantitative estimate of drug-likeness (QED) is 0.395. The lowest BCUT2D eigenvalue weighted by atomic mass is 10.1. The number of methoxy groups -OCH3 is 1. The number of ether oxygens (including phenoxy) is 1. The minimum Gasteiger partial charge on any atom is -0.467 e. The Bertz CT molecular complexity index is 447. The maximum absolute atomic E-state index is 11.8. The minimum absolute atomic E-state index is 0.540. The number of rotatable bonds is 5. The molecule has 1 heterocycles. The average Bonchev–Trinajstić information content (AvgIpc) is 2.57. The second-order valence-electron chi connectivity index (χ2n) is 4.77. The number of carbonyl (C=O) groups is 4. The summed E-state index contributed by atoms with van der Waals surface area (Å²) in [5, 5.41) is 13.5. The van der Waals surface area contributed by atoms with Crippen LogP contribution in [0.2, 0.25) is 0 Å². The van der Waals surface area contributed by atoms with Gasteiger partial charge in [-0.3, -0.25) is 14.5 Å². The standard InChI is InChI=1S/C11H17N3O6/c1-11(2)9(18)14(10(19)13-11)4-7(16)12-6(5-15)8(17)20-3/h6,15H,4-5H2,1-3H3,(H,12,16)(H,13,19). The molecule has 0 spiro atoms. The summed E-state index contributed by atoms with van der Waals surface area (Å²) >= 11 is 0. The van der Waals surface area contributed by atoms with Crippen molar-refractivity contribution in [3.8, 4) is 0 Å². The molecule has 1 rings (SSSR count). The Morgan fingerprint density at radius 2 is 2.05 bits per heavy atom. The van der Waals surface area contributed by atoms with Crippen LogP contribution in [0.3, 0.4) is 0 Å². The van der Waals surface area contributed by atoms with Gasteiger partial charge in [-0.1, -0.05) is 0 Å². The first-order chi connectivity index (χ1) is 9.22. The second-order valence-corrected chi connectivity index (χ2v) is 4.77. The van der Waals surface area contributed by atoms with Crippen molar-refractivity contribution < 1.29 is 29.0 Å². The molecule has 1 aliphatic rings. The van der Waals surface area contributed by atoms with Gasteiger partial charge in [0.25, 0.3) is 5.91 Å². The predicted octanol–water partition coefficient (Wildman–Crippen LogP) is -2.03. The van der Waals surface area contributed by atoms with E-state index < -0.39 is 48.5 Å². The fourth-order valence-electron chi connectivity index (χ4n) is 1.67. The summed E-state index contributed by atoms with van der Waals surface area (Å²) in [6.07, 6.45) is 0. The van der Waals surface area contributed by atoms with E-state index in [0.29, 0.717) is 0 Å². The number of nitrogens with one attached hydrogen (secondary N) is 2. The van der Waals surface area contributed by atoms with E-state index in [1.807, 2.05) is 0 Å². The van der Waals surface area contributed by atoms with E-state index in [1.165, 1.54) is 13.8 Å². The highest BCUT2D eigenvalue weighted by Gasteiger charge is 2.45. The molecule has 0 aromatic heterocycles. The van der Waals surface area contributed by atoms with E-state index >= 15 is 0 Å². The molecular weight excluding hydrogens is 270 g/mol. The van der Waals surface area contributed by atoms with Crippen molar-refractivity contribution in [2.24, 2.45) is 0 Å². The third-order valence-electron chi connectivity index (χ3n) is 2.75. The lowest BCUT2D eigenvalue weighted by Crippen LogP contribution is -2.49. The summed E-state index contributed by atoms with van der Waals surface area (Å²) in [6, 6.07) is -1.92. The van der Waals surface area contributed by atoms with E-state index in [4.69, 9.17) is 5.11 Å². The number of aliphatic hydroxyl groups excluding tert-OH is 1. The van der Waals surface area contributed by atoms with E-state index in [-0.39, 0.29) is 0 Å². The molecule has 0 bridgehead atoms. The Hall–Kier alpha value is -2.16. The Labute approximate surface area is 115 Å². The van der Waals surface area contributed by atoms with E-state index in [9.17, 15) is 19.2 Å². The van der Waals surface area contributed by atoms with Gasteiger partial charge in [-0.25, -0.2) is 9.59 Å². The van der Waals surface area contributed by atoms with Crippen LogP contribution in [0.1, 0.15) is 13.8 Å². The Kier molecular flexibility index (Phi) is 4.66. The number of nitrogens with zero attached hydrogens (tertiary/aromatic N) is 1. The SMILES string of the molecule is COC(=O)C(CO)NC(=O)CN1C(=O)NC(C)(C)C1=O. The highest BCUT2D eigenvalue weighted by Crippen LogP contribution is 2.15. The van der Waals surface area contributed by atoms with Gasteiger partial charge >= 0.3 is 12.0 Å². The second kappa shape index (κ2) is 5.87. The number of hydrogen-bond acceptors (Lipinski definition) is 6. The van der Waals surface area contributed by atoms with Crippen LogP contribution >= 0.6 is 0 Å². The van der Waals surface area contributed by atoms with Gasteiger partial charge in [0.2, 0.25) is 5.91 Å². The molecule has 0 radical (unpaired) electrons. The summed E-state index contributed by atoms with van der Waals surface area (Å²) in [7, 11) is 1.11. The van der Waals surface area contributed by atoms with Crippen LogP contribution in [0.15, 0.2) is 0 Å². The fourth-order valence-corrected chi connectivity index (χ4v) is 1.67. The fraction of sp³-hybridized carbons (Fsp3) is 0.636. The van der Waals surface area contributed by atoms with Crippen molar-refractivity contribution in [1.29, 1.82) is 0 Å². The Morgan fingerprint density at radius 1 is 1.45 bits per heavy atom. The van der Waals surface area contributed by atoms with Crippen LogP contribution in [0.25, 0.3) is 0 Å². The first-order valence-corrected chi connectivity index (χ1v) is 5.85. The number of imide groups is 1. The first-order valence-electron chi connectivity index (χ1n) is 5.85. The van der Waals surface area contributed by atoms with Gasteiger partial charge < -0.3 is 20.5 Å². The lowest BCUT2D eigenvalue weighted by Gasteiger charge is -2.18. The van der Waals surface area contributed by atoms with Crippen molar-refractivity contribution in [3.63, 3.8) is 0 Å². The minimum atomic E-state index is -1.23. The Balaban J connectivity index is 2.65. The topological polar surface area (TPSA) is 125 Å². The van der Waals surface area contributed by atoms with Crippen molar-refractivity contribution in [2.45, 2.75) is 25.4 Å². The van der Waals surface area contributed by atoms with Crippen molar-refractivity contribution >= 4 is 23.8 Å². The van der Waals surface area contributed by atoms with Gasteiger partial charge in [0.15, 0.2) is 6.04 Å². The molecule has 0 aliphatic carbocycles. The van der Waals surface area contributed by atoms with Gasteiger partial charge in [-0.15, -0.1) is 0 Å². The molecule has 9 heteroatoms. The van der Waals surface area contributed by atoms with Crippen molar-refractivity contribution in [3.05, 3.63) is 0 Å². The van der Waals surface area contributed by atoms with Gasteiger partial charge in [-0.05, 0) is 13.8 Å². The summed E-state index contributed by atoms with van der Waals surface area (Å²) in [5.74, 6) is -2.12. The van der Waals surface area contributed by atoms with Crippen LogP contribution in [0, 0.1) is 0 Å². The smallest absolute Gasteiger partial charge is 0.330 e. The summed E-state index contributed by atoms with van der Waals surface area (Å²) < 4.78 is 4.38. The zero-order chi connectivity index (χ0) is 15.5. The van der Waals surface area contributed by atoms with E-state index in [2.05, 4.69) is 15.4 Å². The highest BCUT2D eigenvalue weighted by molar-refractivity contribution is 6.08. The maximum Gasteiger partial charge on any atom is 0.330 e. The zero-order valence-electron chi connectivity index (χ0n) is 11.4. The molecular formula is C11H17N3O6. The van der Waals surface area contributed by atoms with E-state index in [1.54, 1.807) is 0 Å². The molecule has 1 unspecified atom stereocenters. The largest absolute Gasteiger partial charge is 0.467 e. The monoisotopic (exact) mass is 287 g/mol. The van der Waals surface area contributed by atoms with Crippen LogP contribution < -0.4 is 10.6 Å². The number of amides is 4. The van der Waals surface area contributed by atoms with Crippen molar-refractivity contribution in [1.82, 2.24) is 15.5 Å². The van der Waals surface area contributed by atoms with Crippen LogP contribution in [-0.4, -0.2) is 65.7 Å². The van der Waals surface area contributed by atoms with Gasteiger partial charge in [0.1, 0.15) is 12.1 Å². The molecule has 4 amide bonds. The van der Waals surface area contributed by atoms with Crippen LogP contribution in [0.5, 0.6) is 0 Å². The number of carbonyl (C=O) groups excluding carboxylic acids is 4. The predicted molar refractivity (Wildman–Crippen MR) is 65.4 cm³/mol. The summed E-state index contributed by atoms with van der Waals surface area (Å²) in [4.78, 5) is 47.0. The Morgan fingerprint density at radius 3 is 2.45 bits per heavy atom. The third kappa shape index (κ3) is 3.23. The lowest BCUT2D eigenvalue weighted by molar-refractivity contribution is -0.146. The third-order valence-corrected chi connectivity index (χ3v) is 2.75. The van der Waals surface area contributed by atoms with Crippen LogP contribution in [0.4, 0.5) is 4.79 Å². The number of urea groups is 1.